The van der Waals surface area contributed by atoms with E-state index < -0.39 is 12.0 Å². The van der Waals surface area contributed by atoms with E-state index in [0.29, 0.717) is 6.42 Å². The summed E-state index contributed by atoms with van der Waals surface area (Å²) in [4.78, 5) is 23.8. The molecule has 2 rings (SSSR count). The number of benzene rings is 2. The van der Waals surface area contributed by atoms with Crippen molar-refractivity contribution in [3.8, 4) is 0 Å². The molecule has 2 aromatic rings. The van der Waals surface area contributed by atoms with E-state index in [2.05, 4.69) is 5.32 Å². The van der Waals surface area contributed by atoms with Crippen LogP contribution in [0.5, 0.6) is 0 Å². The van der Waals surface area contributed by atoms with Gasteiger partial charge in [0, 0.05) is 6.42 Å². The van der Waals surface area contributed by atoms with E-state index in [-0.39, 0.29) is 31.5 Å². The molecular formula is C18H21ClN2O3. The summed E-state index contributed by atoms with van der Waals surface area (Å²) in [5.41, 5.74) is 7.14. The molecule has 5 nitrogen and oxygen atoms in total. The van der Waals surface area contributed by atoms with Crippen molar-refractivity contribution in [2.45, 2.75) is 19.1 Å². The molecule has 1 atom stereocenters. The van der Waals surface area contributed by atoms with Crippen LogP contribution >= 0.6 is 12.4 Å². The summed E-state index contributed by atoms with van der Waals surface area (Å²) in [6.45, 7) is 0.000708. The van der Waals surface area contributed by atoms with Crippen LogP contribution in [0.3, 0.4) is 0 Å². The molecule has 0 saturated heterocycles. The van der Waals surface area contributed by atoms with E-state index in [0.717, 1.165) is 11.1 Å². The van der Waals surface area contributed by atoms with Crippen molar-refractivity contribution < 1.29 is 14.3 Å². The van der Waals surface area contributed by atoms with E-state index in [1.807, 2.05) is 60.7 Å². The van der Waals surface area contributed by atoms with Gasteiger partial charge in [-0.2, -0.15) is 0 Å². The second kappa shape index (κ2) is 10.4. The largest absolute Gasteiger partial charge is 0.459 e. The molecule has 0 unspecified atom stereocenters. The van der Waals surface area contributed by atoms with Gasteiger partial charge in [0.2, 0.25) is 5.91 Å². The molecule has 6 heteroatoms. The van der Waals surface area contributed by atoms with Crippen LogP contribution < -0.4 is 11.1 Å². The SMILES string of the molecule is Cl.NCC(=O)N[C@@H](Cc1ccccc1)C(=O)OCc1ccccc1. The first-order valence-corrected chi connectivity index (χ1v) is 7.43. The van der Waals surface area contributed by atoms with Crippen LogP contribution in [0, 0.1) is 0 Å². The number of nitrogens with two attached hydrogens (primary N) is 1. The van der Waals surface area contributed by atoms with Gasteiger partial charge in [0.15, 0.2) is 0 Å². The zero-order valence-electron chi connectivity index (χ0n) is 13.2. The van der Waals surface area contributed by atoms with Crippen LogP contribution in [0.25, 0.3) is 0 Å². The van der Waals surface area contributed by atoms with Crippen molar-refractivity contribution in [2.24, 2.45) is 5.73 Å². The lowest BCUT2D eigenvalue weighted by Gasteiger charge is -2.17. The topological polar surface area (TPSA) is 81.4 Å². The summed E-state index contributed by atoms with van der Waals surface area (Å²) in [6, 6.07) is 18.1. The van der Waals surface area contributed by atoms with E-state index in [9.17, 15) is 9.59 Å². The zero-order valence-corrected chi connectivity index (χ0v) is 14.0. The predicted octanol–water partition coefficient (Wildman–Crippen LogP) is 1.84. The first-order chi connectivity index (χ1) is 11.2. The minimum absolute atomic E-state index is 0. The fraction of sp³-hybridized carbons (Fsp3) is 0.222. The molecular weight excluding hydrogens is 328 g/mol. The van der Waals surface area contributed by atoms with Gasteiger partial charge in [-0.1, -0.05) is 60.7 Å². The van der Waals surface area contributed by atoms with Gasteiger partial charge in [-0.15, -0.1) is 12.4 Å². The molecule has 0 radical (unpaired) electrons. The van der Waals surface area contributed by atoms with Gasteiger partial charge in [-0.3, -0.25) is 4.79 Å². The smallest absolute Gasteiger partial charge is 0.329 e. The highest BCUT2D eigenvalue weighted by atomic mass is 35.5. The lowest BCUT2D eigenvalue weighted by molar-refractivity contribution is -0.149. The minimum Gasteiger partial charge on any atom is -0.459 e. The molecule has 0 fully saturated rings. The quantitative estimate of drug-likeness (QED) is 0.748. The minimum atomic E-state index is -0.753. The standard InChI is InChI=1S/C18H20N2O3.ClH/c19-12-17(21)20-16(11-14-7-3-1-4-8-14)18(22)23-13-15-9-5-2-6-10-15;/h1-10,16H,11-13,19H2,(H,20,21);1H/t16-;/m0./s1. The summed E-state index contributed by atoms with van der Waals surface area (Å²) in [5.74, 6) is -0.859. The number of carbonyl (C=O) groups excluding carboxylic acids is 2. The van der Waals surface area contributed by atoms with Crippen LogP contribution in [0.4, 0.5) is 0 Å². The second-order valence-electron chi connectivity index (χ2n) is 5.11. The number of rotatable bonds is 7. The van der Waals surface area contributed by atoms with Gasteiger partial charge in [-0.25, -0.2) is 4.79 Å². The Morgan fingerprint density at radius 2 is 1.50 bits per heavy atom. The number of ether oxygens (including phenoxy) is 1. The normalized spacial score (nSPS) is 11.0. The highest BCUT2D eigenvalue weighted by molar-refractivity contribution is 5.86. The van der Waals surface area contributed by atoms with Gasteiger partial charge in [-0.05, 0) is 11.1 Å². The Morgan fingerprint density at radius 1 is 0.958 bits per heavy atom. The molecule has 1 amide bonds. The Morgan fingerprint density at radius 3 is 2.04 bits per heavy atom. The molecule has 0 bridgehead atoms. The molecule has 2 aromatic carbocycles. The first-order valence-electron chi connectivity index (χ1n) is 7.43. The summed E-state index contributed by atoms with van der Waals surface area (Å²) in [5, 5.41) is 2.61. The molecule has 0 aromatic heterocycles. The van der Waals surface area contributed by atoms with Crippen molar-refractivity contribution in [3.05, 3.63) is 71.8 Å². The van der Waals surface area contributed by atoms with Crippen molar-refractivity contribution in [3.63, 3.8) is 0 Å². The number of hydrogen-bond donors (Lipinski definition) is 2. The van der Waals surface area contributed by atoms with Gasteiger partial charge in [0.25, 0.3) is 0 Å². The van der Waals surface area contributed by atoms with Crippen LogP contribution in [0.15, 0.2) is 60.7 Å². The molecule has 0 spiro atoms. The number of hydrogen-bond acceptors (Lipinski definition) is 4. The molecule has 0 aliphatic heterocycles. The van der Waals surface area contributed by atoms with E-state index in [1.54, 1.807) is 0 Å². The fourth-order valence-corrected chi connectivity index (χ4v) is 2.13. The maximum absolute atomic E-state index is 12.3. The molecule has 0 heterocycles. The molecule has 0 aliphatic carbocycles. The van der Waals surface area contributed by atoms with Crippen molar-refractivity contribution in [1.82, 2.24) is 5.32 Å². The van der Waals surface area contributed by atoms with Crippen molar-refractivity contribution >= 4 is 24.3 Å². The number of nitrogens with one attached hydrogen (secondary N) is 1. The van der Waals surface area contributed by atoms with Crippen LogP contribution in [-0.4, -0.2) is 24.5 Å². The van der Waals surface area contributed by atoms with Gasteiger partial charge in [0.05, 0.1) is 6.54 Å². The second-order valence-corrected chi connectivity index (χ2v) is 5.11. The fourth-order valence-electron chi connectivity index (χ4n) is 2.13. The Hall–Kier alpha value is -2.37. The monoisotopic (exact) mass is 348 g/mol. The highest BCUT2D eigenvalue weighted by Gasteiger charge is 2.22. The van der Waals surface area contributed by atoms with Gasteiger partial charge < -0.3 is 15.8 Å². The third kappa shape index (κ3) is 6.40. The lowest BCUT2D eigenvalue weighted by Crippen LogP contribution is -2.45. The maximum Gasteiger partial charge on any atom is 0.329 e. The van der Waals surface area contributed by atoms with Gasteiger partial charge in [0.1, 0.15) is 12.6 Å². The van der Waals surface area contributed by atoms with Gasteiger partial charge >= 0.3 is 5.97 Å². The average Bonchev–Trinajstić information content (AvgIpc) is 2.60. The molecule has 128 valence electrons. The molecule has 0 saturated carbocycles. The van der Waals surface area contributed by atoms with E-state index in [4.69, 9.17) is 10.5 Å². The Balaban J connectivity index is 0.00000288. The van der Waals surface area contributed by atoms with Crippen molar-refractivity contribution in [2.75, 3.05) is 6.54 Å². The third-order valence-electron chi connectivity index (χ3n) is 3.31. The predicted molar refractivity (Wildman–Crippen MR) is 94.6 cm³/mol. The number of esters is 1. The highest BCUT2D eigenvalue weighted by Crippen LogP contribution is 2.07. The van der Waals surface area contributed by atoms with Crippen LogP contribution in [-0.2, 0) is 27.4 Å². The summed E-state index contributed by atoms with van der Waals surface area (Å²) in [6.07, 6.45) is 0.361. The summed E-state index contributed by atoms with van der Waals surface area (Å²) in [7, 11) is 0. The van der Waals surface area contributed by atoms with Crippen LogP contribution in [0.1, 0.15) is 11.1 Å². The third-order valence-corrected chi connectivity index (χ3v) is 3.31. The number of halogens is 1. The maximum atomic E-state index is 12.3. The average molecular weight is 349 g/mol. The number of amides is 1. The number of carbonyl (C=O) groups is 2. The summed E-state index contributed by atoms with van der Waals surface area (Å²) < 4.78 is 5.31. The van der Waals surface area contributed by atoms with Crippen molar-refractivity contribution in [1.29, 1.82) is 0 Å². The molecule has 0 aliphatic rings. The Kier molecular flexibility index (Phi) is 8.54. The van der Waals surface area contributed by atoms with E-state index in [1.165, 1.54) is 0 Å². The van der Waals surface area contributed by atoms with E-state index >= 15 is 0 Å². The lowest BCUT2D eigenvalue weighted by atomic mass is 10.1. The van der Waals surface area contributed by atoms with Crippen LogP contribution in [0.2, 0.25) is 0 Å². The Labute approximate surface area is 147 Å². The molecule has 24 heavy (non-hydrogen) atoms. The zero-order chi connectivity index (χ0) is 16.5. The summed E-state index contributed by atoms with van der Waals surface area (Å²) >= 11 is 0. The molecule has 3 N–H and O–H groups in total. The Bertz CT molecular complexity index is 635. The first kappa shape index (κ1) is 19.7.